The predicted octanol–water partition coefficient (Wildman–Crippen LogP) is 3.17. The van der Waals surface area contributed by atoms with Crippen LogP contribution < -0.4 is 5.32 Å². The Balaban J connectivity index is 1.84. The molecule has 1 unspecified atom stereocenters. The first-order chi connectivity index (χ1) is 9.33. The van der Waals surface area contributed by atoms with Gasteiger partial charge in [0.1, 0.15) is 11.6 Å². The first-order valence-electron chi connectivity index (χ1n) is 7.25. The number of rotatable bonds is 4. The molecular weight excluding hydrogens is 258 g/mol. The molecule has 112 valence electrons. The van der Waals surface area contributed by atoms with Crippen LogP contribution in [0.3, 0.4) is 0 Å². The predicted molar refractivity (Wildman–Crippen MR) is 77.5 cm³/mol. The lowest BCUT2D eigenvalue weighted by Crippen LogP contribution is -2.39. The minimum Gasteiger partial charge on any atom is -0.312 e. The summed E-state index contributed by atoms with van der Waals surface area (Å²) in [5.74, 6) is -0.348. The fourth-order valence-corrected chi connectivity index (χ4v) is 2.56. The van der Waals surface area contributed by atoms with Crippen molar-refractivity contribution >= 4 is 0 Å². The van der Waals surface area contributed by atoms with Crippen molar-refractivity contribution in [3.05, 3.63) is 35.4 Å². The molecule has 0 radical (unpaired) electrons. The van der Waals surface area contributed by atoms with Crippen molar-refractivity contribution in [1.82, 2.24) is 10.2 Å². The first kappa shape index (κ1) is 15.4. The van der Waals surface area contributed by atoms with E-state index in [1.807, 2.05) is 0 Å². The second-order valence-electron chi connectivity index (χ2n) is 6.76. The van der Waals surface area contributed by atoms with Crippen LogP contribution in [-0.2, 0) is 6.54 Å². The topological polar surface area (TPSA) is 15.3 Å². The molecule has 1 aliphatic heterocycles. The van der Waals surface area contributed by atoms with E-state index in [-0.39, 0.29) is 5.54 Å². The molecule has 0 bridgehead atoms. The Labute approximate surface area is 120 Å². The summed E-state index contributed by atoms with van der Waals surface area (Å²) in [6, 6.07) is 3.84. The van der Waals surface area contributed by atoms with Crippen LogP contribution in [0.4, 0.5) is 8.78 Å². The highest BCUT2D eigenvalue weighted by Crippen LogP contribution is 2.20. The van der Waals surface area contributed by atoms with Crippen molar-refractivity contribution in [1.29, 1.82) is 0 Å². The Morgan fingerprint density at radius 2 is 2.05 bits per heavy atom. The van der Waals surface area contributed by atoms with E-state index in [2.05, 4.69) is 31.0 Å². The molecule has 1 aromatic carbocycles. The molecule has 0 aliphatic carbocycles. The molecule has 0 amide bonds. The van der Waals surface area contributed by atoms with E-state index in [1.54, 1.807) is 6.07 Å². The number of nitrogens with zero attached hydrogens (tertiary/aromatic N) is 1. The van der Waals surface area contributed by atoms with E-state index in [9.17, 15) is 8.78 Å². The second-order valence-corrected chi connectivity index (χ2v) is 6.76. The van der Waals surface area contributed by atoms with Crippen LogP contribution in [0.1, 0.15) is 32.8 Å². The van der Waals surface area contributed by atoms with Crippen molar-refractivity contribution in [2.24, 2.45) is 5.92 Å². The number of hydrogen-bond acceptors (Lipinski definition) is 2. The fourth-order valence-electron chi connectivity index (χ4n) is 2.56. The van der Waals surface area contributed by atoms with Crippen LogP contribution in [0.15, 0.2) is 18.2 Å². The van der Waals surface area contributed by atoms with E-state index in [1.165, 1.54) is 6.07 Å². The molecule has 0 saturated carbocycles. The summed E-state index contributed by atoms with van der Waals surface area (Å²) in [4.78, 5) is 2.24. The maximum Gasteiger partial charge on any atom is 0.130 e. The quantitative estimate of drug-likeness (QED) is 0.912. The third-order valence-electron chi connectivity index (χ3n) is 3.70. The van der Waals surface area contributed by atoms with Crippen LogP contribution in [0.5, 0.6) is 0 Å². The Kier molecular flexibility index (Phi) is 4.76. The number of likely N-dealkylation sites (tertiary alicyclic amines) is 1. The minimum atomic E-state index is -0.514. The zero-order valence-corrected chi connectivity index (χ0v) is 12.5. The second kappa shape index (κ2) is 6.19. The van der Waals surface area contributed by atoms with Gasteiger partial charge < -0.3 is 5.32 Å². The third kappa shape index (κ3) is 4.53. The zero-order chi connectivity index (χ0) is 14.8. The molecule has 2 rings (SSSR count). The molecule has 2 nitrogen and oxygen atoms in total. The average Bonchev–Trinajstić information content (AvgIpc) is 2.77. The minimum absolute atomic E-state index is 0.135. The van der Waals surface area contributed by atoms with Crippen molar-refractivity contribution in [2.75, 3.05) is 19.6 Å². The van der Waals surface area contributed by atoms with Crippen LogP contribution >= 0.6 is 0 Å². The van der Waals surface area contributed by atoms with Crippen LogP contribution in [0.2, 0.25) is 0 Å². The van der Waals surface area contributed by atoms with E-state index in [4.69, 9.17) is 0 Å². The third-order valence-corrected chi connectivity index (χ3v) is 3.70. The molecule has 1 aliphatic rings. The summed E-state index contributed by atoms with van der Waals surface area (Å²) in [7, 11) is 0. The smallest absolute Gasteiger partial charge is 0.130 e. The largest absolute Gasteiger partial charge is 0.312 e. The van der Waals surface area contributed by atoms with Gasteiger partial charge in [0.15, 0.2) is 0 Å². The summed E-state index contributed by atoms with van der Waals surface area (Å²) in [5, 5.41) is 3.52. The molecule has 1 N–H and O–H groups in total. The lowest BCUT2D eigenvalue weighted by molar-refractivity contribution is 0.301. The molecule has 4 heteroatoms. The molecule has 1 saturated heterocycles. The SMILES string of the molecule is CC(C)(C)NCC1CCN(Cc2ccc(F)cc2F)C1. The average molecular weight is 282 g/mol. The van der Waals surface area contributed by atoms with Gasteiger partial charge in [0.25, 0.3) is 0 Å². The van der Waals surface area contributed by atoms with E-state index in [0.717, 1.165) is 32.1 Å². The van der Waals surface area contributed by atoms with Crippen molar-refractivity contribution in [3.8, 4) is 0 Å². The Morgan fingerprint density at radius 1 is 1.30 bits per heavy atom. The number of hydrogen-bond donors (Lipinski definition) is 1. The van der Waals surface area contributed by atoms with Crippen LogP contribution in [-0.4, -0.2) is 30.1 Å². The van der Waals surface area contributed by atoms with Crippen molar-refractivity contribution in [3.63, 3.8) is 0 Å². The number of halogens is 2. The van der Waals surface area contributed by atoms with Crippen LogP contribution in [0, 0.1) is 17.6 Å². The first-order valence-corrected chi connectivity index (χ1v) is 7.25. The highest BCUT2D eigenvalue weighted by molar-refractivity contribution is 5.18. The maximum atomic E-state index is 13.6. The Hall–Kier alpha value is -1.00. The summed E-state index contributed by atoms with van der Waals surface area (Å²) in [6.45, 7) is 9.99. The highest BCUT2D eigenvalue weighted by atomic mass is 19.1. The van der Waals surface area contributed by atoms with E-state index < -0.39 is 11.6 Å². The lowest BCUT2D eigenvalue weighted by atomic mass is 10.1. The van der Waals surface area contributed by atoms with Gasteiger partial charge in [-0.05, 0) is 52.3 Å². The molecule has 20 heavy (non-hydrogen) atoms. The summed E-state index contributed by atoms with van der Waals surface area (Å²) < 4.78 is 26.5. The fraction of sp³-hybridized carbons (Fsp3) is 0.625. The van der Waals surface area contributed by atoms with E-state index >= 15 is 0 Å². The van der Waals surface area contributed by atoms with Gasteiger partial charge >= 0.3 is 0 Å². The van der Waals surface area contributed by atoms with Gasteiger partial charge in [0, 0.05) is 30.3 Å². The number of benzene rings is 1. The molecule has 1 heterocycles. The van der Waals surface area contributed by atoms with Crippen molar-refractivity contribution < 1.29 is 8.78 Å². The Morgan fingerprint density at radius 3 is 2.70 bits per heavy atom. The van der Waals surface area contributed by atoms with E-state index in [0.29, 0.717) is 18.0 Å². The Bertz CT molecular complexity index is 454. The molecule has 1 fully saturated rings. The monoisotopic (exact) mass is 282 g/mol. The zero-order valence-electron chi connectivity index (χ0n) is 12.5. The highest BCUT2D eigenvalue weighted by Gasteiger charge is 2.24. The molecular formula is C16H24F2N2. The van der Waals surface area contributed by atoms with Gasteiger partial charge in [-0.25, -0.2) is 8.78 Å². The molecule has 1 aromatic rings. The van der Waals surface area contributed by atoms with Crippen molar-refractivity contribution in [2.45, 2.75) is 39.3 Å². The number of nitrogens with one attached hydrogen (secondary N) is 1. The normalized spacial score (nSPS) is 20.6. The van der Waals surface area contributed by atoms with Gasteiger partial charge in [-0.3, -0.25) is 4.90 Å². The van der Waals surface area contributed by atoms with Gasteiger partial charge in [-0.1, -0.05) is 6.07 Å². The molecule has 0 aromatic heterocycles. The molecule has 0 spiro atoms. The summed E-state index contributed by atoms with van der Waals surface area (Å²) >= 11 is 0. The lowest BCUT2D eigenvalue weighted by Gasteiger charge is -2.23. The maximum absolute atomic E-state index is 13.6. The van der Waals surface area contributed by atoms with Gasteiger partial charge in [-0.15, -0.1) is 0 Å². The molecule has 1 atom stereocenters. The van der Waals surface area contributed by atoms with Gasteiger partial charge in [0.2, 0.25) is 0 Å². The standard InChI is InChI=1S/C16H24F2N2/c1-16(2,3)19-9-12-6-7-20(10-12)11-13-4-5-14(17)8-15(13)18/h4-5,8,12,19H,6-7,9-11H2,1-3H3. The summed E-state index contributed by atoms with van der Waals surface area (Å²) in [6.07, 6.45) is 1.13. The summed E-state index contributed by atoms with van der Waals surface area (Å²) in [5.41, 5.74) is 0.715. The van der Waals surface area contributed by atoms with Crippen LogP contribution in [0.25, 0.3) is 0 Å². The van der Waals surface area contributed by atoms with Gasteiger partial charge in [-0.2, -0.15) is 0 Å². The van der Waals surface area contributed by atoms with Gasteiger partial charge in [0.05, 0.1) is 0 Å².